The number of thioether (sulfide) groups is 1. The summed E-state index contributed by atoms with van der Waals surface area (Å²) in [7, 11) is 0. The molecule has 1 aliphatic rings. The van der Waals surface area contributed by atoms with E-state index in [9.17, 15) is 14.4 Å². The monoisotopic (exact) mass is 403 g/mol. The van der Waals surface area contributed by atoms with Gasteiger partial charge in [0.25, 0.3) is 0 Å². The van der Waals surface area contributed by atoms with Gasteiger partial charge in [-0.25, -0.2) is 4.79 Å². The van der Waals surface area contributed by atoms with Crippen LogP contribution in [0.2, 0.25) is 5.02 Å². The first-order chi connectivity index (χ1) is 13.0. The molecule has 2 aromatic rings. The highest BCUT2D eigenvalue weighted by Crippen LogP contribution is 2.21. The Bertz CT molecular complexity index is 842. The van der Waals surface area contributed by atoms with Crippen molar-refractivity contribution in [2.75, 3.05) is 17.6 Å². The van der Waals surface area contributed by atoms with Gasteiger partial charge in [0.1, 0.15) is 0 Å². The molecular formula is C19H18ClN3O3S. The van der Waals surface area contributed by atoms with Gasteiger partial charge in [0.15, 0.2) is 0 Å². The predicted molar refractivity (Wildman–Crippen MR) is 106 cm³/mol. The summed E-state index contributed by atoms with van der Waals surface area (Å²) in [6, 6.07) is 14.2. The van der Waals surface area contributed by atoms with E-state index in [0.29, 0.717) is 22.9 Å². The third-order valence-electron chi connectivity index (χ3n) is 3.90. The molecule has 0 bridgehead atoms. The maximum atomic E-state index is 12.1. The van der Waals surface area contributed by atoms with Gasteiger partial charge in [-0.05, 0) is 42.0 Å². The zero-order valence-electron chi connectivity index (χ0n) is 14.4. The molecule has 1 saturated heterocycles. The van der Waals surface area contributed by atoms with Crippen molar-refractivity contribution in [2.45, 2.75) is 17.9 Å². The average molecular weight is 404 g/mol. The molecule has 6 nitrogen and oxygen atoms in total. The lowest BCUT2D eigenvalue weighted by Crippen LogP contribution is -2.30. The fraction of sp³-hybridized carbons (Fsp3) is 0.211. The molecule has 4 amide bonds. The number of rotatable bonds is 7. The smallest absolute Gasteiger partial charge is 0.324 e. The van der Waals surface area contributed by atoms with Gasteiger partial charge in [-0.3, -0.25) is 14.5 Å². The molecular weight excluding hydrogens is 386 g/mol. The Morgan fingerprint density at radius 2 is 1.96 bits per heavy atom. The molecule has 2 N–H and O–H groups in total. The lowest BCUT2D eigenvalue weighted by Gasteiger charge is -2.13. The quantitative estimate of drug-likeness (QED) is 0.547. The van der Waals surface area contributed by atoms with Gasteiger partial charge in [0, 0.05) is 27.8 Å². The molecule has 2 aromatic carbocycles. The zero-order valence-corrected chi connectivity index (χ0v) is 16.0. The van der Waals surface area contributed by atoms with Crippen molar-refractivity contribution >= 4 is 46.9 Å². The SMILES string of the molecule is O=C(CCSc1ccc(Cl)cc1)Nc1cccc(CN2C(=O)CNC2=O)c1. The number of imide groups is 1. The van der Waals surface area contributed by atoms with Crippen LogP contribution in [0.5, 0.6) is 0 Å². The van der Waals surface area contributed by atoms with Gasteiger partial charge < -0.3 is 10.6 Å². The lowest BCUT2D eigenvalue weighted by atomic mass is 10.2. The normalized spacial score (nSPS) is 13.6. The Kier molecular flexibility index (Phi) is 6.36. The van der Waals surface area contributed by atoms with E-state index in [1.54, 1.807) is 30.0 Å². The lowest BCUT2D eigenvalue weighted by molar-refractivity contribution is -0.125. The van der Waals surface area contributed by atoms with Crippen molar-refractivity contribution in [2.24, 2.45) is 0 Å². The number of nitrogens with one attached hydrogen (secondary N) is 2. The summed E-state index contributed by atoms with van der Waals surface area (Å²) in [5.41, 5.74) is 1.41. The van der Waals surface area contributed by atoms with Crippen LogP contribution in [0.25, 0.3) is 0 Å². The Morgan fingerprint density at radius 3 is 2.67 bits per heavy atom. The summed E-state index contributed by atoms with van der Waals surface area (Å²) in [5, 5.41) is 6.02. The van der Waals surface area contributed by atoms with Gasteiger partial charge >= 0.3 is 6.03 Å². The fourth-order valence-electron chi connectivity index (χ4n) is 2.56. The minimum Gasteiger partial charge on any atom is -0.329 e. The van der Waals surface area contributed by atoms with Crippen molar-refractivity contribution in [3.8, 4) is 0 Å². The minimum absolute atomic E-state index is 0.0283. The van der Waals surface area contributed by atoms with Gasteiger partial charge in [0.2, 0.25) is 11.8 Å². The maximum Gasteiger partial charge on any atom is 0.324 e. The Morgan fingerprint density at radius 1 is 1.19 bits per heavy atom. The van der Waals surface area contributed by atoms with E-state index in [0.717, 1.165) is 15.4 Å². The van der Waals surface area contributed by atoms with E-state index in [-0.39, 0.29) is 24.9 Å². The number of benzene rings is 2. The predicted octanol–water partition coefficient (Wildman–Crippen LogP) is 3.51. The van der Waals surface area contributed by atoms with E-state index < -0.39 is 6.03 Å². The number of hydrogen-bond acceptors (Lipinski definition) is 4. The number of carbonyl (C=O) groups excluding carboxylic acids is 3. The molecule has 0 unspecified atom stereocenters. The highest BCUT2D eigenvalue weighted by Gasteiger charge is 2.28. The second kappa shape index (κ2) is 8.92. The zero-order chi connectivity index (χ0) is 19.2. The number of carbonyl (C=O) groups is 3. The van der Waals surface area contributed by atoms with Crippen LogP contribution in [0.3, 0.4) is 0 Å². The van der Waals surface area contributed by atoms with E-state index in [2.05, 4.69) is 10.6 Å². The number of amides is 4. The summed E-state index contributed by atoms with van der Waals surface area (Å²) in [4.78, 5) is 37.6. The molecule has 1 aliphatic heterocycles. The molecule has 0 aromatic heterocycles. The summed E-state index contributed by atoms with van der Waals surface area (Å²) >= 11 is 7.44. The summed E-state index contributed by atoms with van der Waals surface area (Å²) < 4.78 is 0. The molecule has 140 valence electrons. The van der Waals surface area contributed by atoms with Crippen LogP contribution >= 0.6 is 23.4 Å². The standard InChI is InChI=1S/C19H18ClN3O3S/c20-14-4-6-16(7-5-14)27-9-8-17(24)22-15-3-1-2-13(10-15)12-23-18(25)11-21-19(23)26/h1-7,10H,8-9,11-12H2,(H,21,26)(H,22,24). The molecule has 0 spiro atoms. The summed E-state index contributed by atoms with van der Waals surface area (Å²) in [5.74, 6) is 0.299. The van der Waals surface area contributed by atoms with E-state index in [1.807, 2.05) is 30.3 Å². The molecule has 0 atom stereocenters. The topological polar surface area (TPSA) is 78.5 Å². The van der Waals surface area contributed by atoms with Gasteiger partial charge in [-0.2, -0.15) is 0 Å². The van der Waals surface area contributed by atoms with Gasteiger partial charge in [-0.15, -0.1) is 11.8 Å². The van der Waals surface area contributed by atoms with Crippen LogP contribution in [-0.4, -0.2) is 35.0 Å². The Hall–Kier alpha value is -2.51. The number of anilines is 1. The summed E-state index contributed by atoms with van der Waals surface area (Å²) in [6.07, 6.45) is 0.366. The van der Waals surface area contributed by atoms with Crippen LogP contribution in [0.1, 0.15) is 12.0 Å². The second-order valence-corrected chi connectivity index (χ2v) is 7.54. The fourth-order valence-corrected chi connectivity index (χ4v) is 3.54. The highest BCUT2D eigenvalue weighted by atomic mass is 35.5. The first kappa shape index (κ1) is 19.3. The third-order valence-corrected chi connectivity index (χ3v) is 5.17. The number of nitrogens with zero attached hydrogens (tertiary/aromatic N) is 1. The Labute approximate surface area is 166 Å². The minimum atomic E-state index is -0.395. The summed E-state index contributed by atoms with van der Waals surface area (Å²) in [6.45, 7) is 0.210. The third kappa shape index (κ3) is 5.48. The van der Waals surface area contributed by atoms with Crippen LogP contribution < -0.4 is 10.6 Å². The number of hydrogen-bond donors (Lipinski definition) is 2. The molecule has 0 radical (unpaired) electrons. The average Bonchev–Trinajstić information content (AvgIpc) is 2.96. The molecule has 3 rings (SSSR count). The number of halogens is 1. The van der Waals surface area contributed by atoms with E-state index in [1.165, 1.54) is 0 Å². The molecule has 1 fully saturated rings. The van der Waals surface area contributed by atoms with Crippen molar-refractivity contribution in [1.82, 2.24) is 10.2 Å². The van der Waals surface area contributed by atoms with E-state index in [4.69, 9.17) is 11.6 Å². The van der Waals surface area contributed by atoms with Crippen LogP contribution in [0.4, 0.5) is 10.5 Å². The molecule has 0 aliphatic carbocycles. The first-order valence-corrected chi connectivity index (χ1v) is 9.73. The first-order valence-electron chi connectivity index (χ1n) is 8.36. The second-order valence-electron chi connectivity index (χ2n) is 5.94. The van der Waals surface area contributed by atoms with Gasteiger partial charge in [-0.1, -0.05) is 23.7 Å². The van der Waals surface area contributed by atoms with Crippen molar-refractivity contribution < 1.29 is 14.4 Å². The van der Waals surface area contributed by atoms with Crippen molar-refractivity contribution in [3.05, 3.63) is 59.1 Å². The van der Waals surface area contributed by atoms with Crippen molar-refractivity contribution in [1.29, 1.82) is 0 Å². The Balaban J connectivity index is 1.49. The molecule has 8 heteroatoms. The van der Waals surface area contributed by atoms with Crippen molar-refractivity contribution in [3.63, 3.8) is 0 Å². The molecule has 0 saturated carbocycles. The molecule has 27 heavy (non-hydrogen) atoms. The van der Waals surface area contributed by atoms with Crippen LogP contribution in [0, 0.1) is 0 Å². The number of urea groups is 1. The highest BCUT2D eigenvalue weighted by molar-refractivity contribution is 7.99. The maximum absolute atomic E-state index is 12.1. The molecule has 1 heterocycles. The van der Waals surface area contributed by atoms with Crippen LogP contribution in [0.15, 0.2) is 53.4 Å². The largest absolute Gasteiger partial charge is 0.329 e. The van der Waals surface area contributed by atoms with Gasteiger partial charge in [0.05, 0.1) is 13.1 Å². The van der Waals surface area contributed by atoms with Crippen LogP contribution in [-0.2, 0) is 16.1 Å². The van der Waals surface area contributed by atoms with E-state index >= 15 is 0 Å².